The molecule has 0 aromatic carbocycles. The van der Waals surface area contributed by atoms with E-state index in [1.54, 1.807) is 7.11 Å². The van der Waals surface area contributed by atoms with Gasteiger partial charge in [-0.25, -0.2) is 0 Å². The summed E-state index contributed by atoms with van der Waals surface area (Å²) in [5, 5.41) is 3.55. The molecule has 0 spiro atoms. The molecule has 1 saturated heterocycles. The van der Waals surface area contributed by atoms with Crippen LogP contribution in [0.25, 0.3) is 0 Å². The summed E-state index contributed by atoms with van der Waals surface area (Å²) in [6.45, 7) is 5.70. The fraction of sp³-hybridized carbons (Fsp3) is 0.889. The van der Waals surface area contributed by atoms with Gasteiger partial charge in [-0.2, -0.15) is 0 Å². The predicted molar refractivity (Wildman–Crippen MR) is 110 cm³/mol. The van der Waals surface area contributed by atoms with Crippen LogP contribution in [0.3, 0.4) is 0 Å². The maximum absolute atomic E-state index is 12.0. The van der Waals surface area contributed by atoms with Gasteiger partial charge in [0.25, 0.3) is 0 Å². The Morgan fingerprint density at radius 3 is 2.68 bits per heavy atom. The molecule has 2 rings (SSSR count). The van der Waals surface area contributed by atoms with Crippen molar-refractivity contribution in [2.24, 2.45) is 16.3 Å². The summed E-state index contributed by atoms with van der Waals surface area (Å²) in [5.41, 5.74) is 0.349. The molecule has 0 unspecified atom stereocenters. The van der Waals surface area contributed by atoms with Crippen molar-refractivity contribution < 1.29 is 14.3 Å². The second kappa shape index (κ2) is 11.2. The molecule has 1 aliphatic heterocycles. The number of halogens is 1. The first-order chi connectivity index (χ1) is 11.6. The predicted octanol–water partition coefficient (Wildman–Crippen LogP) is 2.66. The van der Waals surface area contributed by atoms with Gasteiger partial charge in [-0.1, -0.05) is 6.42 Å². The lowest BCUT2D eigenvalue weighted by Crippen LogP contribution is -2.51. The maximum Gasteiger partial charge on any atom is 0.310 e. The third-order valence-electron chi connectivity index (χ3n) is 5.42. The quantitative estimate of drug-likeness (QED) is 0.270. The maximum atomic E-state index is 12.0. The van der Waals surface area contributed by atoms with E-state index in [1.165, 1.54) is 19.3 Å². The van der Waals surface area contributed by atoms with E-state index in [2.05, 4.69) is 15.2 Å². The Hall–Kier alpha value is -0.570. The number of ether oxygens (including phenoxy) is 2. The Balaban J connectivity index is 0.00000312. The lowest BCUT2D eigenvalue weighted by molar-refractivity contribution is -0.149. The van der Waals surface area contributed by atoms with Crippen LogP contribution in [-0.4, -0.2) is 63.8 Å². The number of nitrogens with one attached hydrogen (secondary N) is 1. The number of piperidine rings is 1. The Labute approximate surface area is 169 Å². The van der Waals surface area contributed by atoms with Crippen LogP contribution in [0, 0.1) is 11.3 Å². The van der Waals surface area contributed by atoms with Crippen molar-refractivity contribution in [1.29, 1.82) is 0 Å². The van der Waals surface area contributed by atoms with E-state index < -0.39 is 0 Å². The van der Waals surface area contributed by atoms with E-state index in [4.69, 9.17) is 9.47 Å². The average molecular weight is 467 g/mol. The van der Waals surface area contributed by atoms with Gasteiger partial charge in [0.05, 0.1) is 12.5 Å². The van der Waals surface area contributed by atoms with Crippen molar-refractivity contribution in [2.45, 2.75) is 45.4 Å². The van der Waals surface area contributed by atoms with Gasteiger partial charge in [0.2, 0.25) is 0 Å². The number of methoxy groups -OCH3 is 1. The van der Waals surface area contributed by atoms with E-state index in [0.29, 0.717) is 18.6 Å². The number of hydrogen-bond acceptors (Lipinski definition) is 4. The summed E-state index contributed by atoms with van der Waals surface area (Å²) >= 11 is 0. The molecule has 25 heavy (non-hydrogen) atoms. The van der Waals surface area contributed by atoms with Gasteiger partial charge in [-0.05, 0) is 44.4 Å². The Kier molecular flexibility index (Phi) is 10.1. The highest BCUT2D eigenvalue weighted by Gasteiger charge is 2.37. The van der Waals surface area contributed by atoms with Crippen molar-refractivity contribution in [1.82, 2.24) is 10.2 Å². The van der Waals surface area contributed by atoms with Crippen LogP contribution >= 0.6 is 24.0 Å². The van der Waals surface area contributed by atoms with Crippen molar-refractivity contribution in [3.63, 3.8) is 0 Å². The van der Waals surface area contributed by atoms with Crippen molar-refractivity contribution in [3.8, 4) is 0 Å². The molecule has 7 heteroatoms. The summed E-state index contributed by atoms with van der Waals surface area (Å²) in [4.78, 5) is 18.7. The number of carbonyl (C=O) groups excluding carboxylic acids is 1. The highest BCUT2D eigenvalue weighted by molar-refractivity contribution is 14.0. The highest BCUT2D eigenvalue weighted by atomic mass is 127. The molecule has 2 aliphatic rings. The average Bonchev–Trinajstić information content (AvgIpc) is 2.57. The minimum atomic E-state index is -0.0757. The smallest absolute Gasteiger partial charge is 0.310 e. The molecule has 0 radical (unpaired) electrons. The van der Waals surface area contributed by atoms with Crippen LogP contribution < -0.4 is 5.32 Å². The van der Waals surface area contributed by atoms with Gasteiger partial charge in [0.15, 0.2) is 5.96 Å². The molecule has 0 amide bonds. The fourth-order valence-electron chi connectivity index (χ4n) is 3.73. The molecule has 2 fully saturated rings. The first-order valence-electron chi connectivity index (χ1n) is 9.25. The third-order valence-corrected chi connectivity index (χ3v) is 5.42. The molecule has 1 saturated carbocycles. The number of esters is 1. The minimum Gasteiger partial charge on any atom is -0.466 e. The van der Waals surface area contributed by atoms with Crippen LogP contribution in [0.4, 0.5) is 0 Å². The van der Waals surface area contributed by atoms with Gasteiger partial charge < -0.3 is 19.7 Å². The second-order valence-corrected chi connectivity index (χ2v) is 7.03. The molecule has 0 aromatic heterocycles. The van der Waals surface area contributed by atoms with E-state index in [1.807, 2.05) is 14.0 Å². The first kappa shape index (κ1) is 22.5. The lowest BCUT2D eigenvalue weighted by atomic mass is 9.67. The van der Waals surface area contributed by atoms with Crippen LogP contribution in [0.1, 0.15) is 45.4 Å². The molecular formula is C18H34IN3O3. The van der Waals surface area contributed by atoms with Crippen LogP contribution in [0.5, 0.6) is 0 Å². The molecule has 0 aromatic rings. The van der Waals surface area contributed by atoms with Crippen LogP contribution in [-0.2, 0) is 14.3 Å². The summed E-state index contributed by atoms with van der Waals surface area (Å²) in [6.07, 6.45) is 6.82. The molecule has 1 aliphatic carbocycles. The second-order valence-electron chi connectivity index (χ2n) is 7.03. The zero-order valence-corrected chi connectivity index (χ0v) is 18.2. The van der Waals surface area contributed by atoms with Crippen molar-refractivity contribution in [3.05, 3.63) is 0 Å². The summed E-state index contributed by atoms with van der Waals surface area (Å²) in [5.74, 6) is 0.796. The number of likely N-dealkylation sites (tertiary alicyclic amines) is 1. The van der Waals surface area contributed by atoms with Gasteiger partial charge in [-0.3, -0.25) is 9.79 Å². The Morgan fingerprint density at radius 2 is 2.12 bits per heavy atom. The van der Waals surface area contributed by atoms with E-state index in [0.717, 1.165) is 44.9 Å². The lowest BCUT2D eigenvalue weighted by Gasteiger charge is -2.43. The molecule has 6 nitrogen and oxygen atoms in total. The fourth-order valence-corrected chi connectivity index (χ4v) is 3.73. The zero-order chi connectivity index (χ0) is 17.4. The number of carbonyl (C=O) groups is 1. The monoisotopic (exact) mass is 467 g/mol. The first-order valence-corrected chi connectivity index (χ1v) is 9.25. The Bertz CT molecular complexity index is 441. The third kappa shape index (κ3) is 6.27. The topological polar surface area (TPSA) is 63.2 Å². The number of guanidine groups is 1. The number of aliphatic imine (C=N–C) groups is 1. The molecular weight excluding hydrogens is 433 g/mol. The molecule has 1 N–H and O–H groups in total. The Morgan fingerprint density at radius 1 is 1.36 bits per heavy atom. The van der Waals surface area contributed by atoms with Crippen LogP contribution in [0.2, 0.25) is 0 Å². The summed E-state index contributed by atoms with van der Waals surface area (Å²) in [7, 11) is 3.58. The minimum absolute atomic E-state index is 0. The largest absolute Gasteiger partial charge is 0.466 e. The van der Waals surface area contributed by atoms with E-state index in [-0.39, 0.29) is 35.9 Å². The summed E-state index contributed by atoms with van der Waals surface area (Å²) < 4.78 is 10.5. The summed E-state index contributed by atoms with van der Waals surface area (Å²) in [6, 6.07) is 0. The molecule has 1 atom stereocenters. The zero-order valence-electron chi connectivity index (χ0n) is 15.9. The van der Waals surface area contributed by atoms with Crippen molar-refractivity contribution in [2.75, 3.05) is 47.0 Å². The molecule has 146 valence electrons. The number of nitrogens with zero attached hydrogens (tertiary/aromatic N) is 2. The van der Waals surface area contributed by atoms with Gasteiger partial charge in [0, 0.05) is 40.4 Å². The van der Waals surface area contributed by atoms with Crippen molar-refractivity contribution >= 4 is 35.9 Å². The standard InChI is InChI=1S/C18H33N3O3.HI/c1-4-24-16(22)15-7-5-11-21(13-15)17(19-2)20-14-18(8-6-9-18)10-12-23-3;/h15H,4-14H2,1-3H3,(H,19,20);1H/t15-;/m0./s1. The normalized spacial score (nSPS) is 22.6. The van der Waals surface area contributed by atoms with Gasteiger partial charge >= 0.3 is 5.97 Å². The SMILES string of the molecule is CCOC(=O)[C@H]1CCCN(C(=NC)NCC2(CCOC)CCC2)C1.I. The van der Waals surface area contributed by atoms with Gasteiger partial charge in [-0.15, -0.1) is 24.0 Å². The number of rotatable bonds is 7. The molecule has 1 heterocycles. The molecule has 0 bridgehead atoms. The van der Waals surface area contributed by atoms with E-state index in [9.17, 15) is 4.79 Å². The number of hydrogen-bond donors (Lipinski definition) is 1. The van der Waals surface area contributed by atoms with Gasteiger partial charge in [0.1, 0.15) is 0 Å². The van der Waals surface area contributed by atoms with E-state index >= 15 is 0 Å². The van der Waals surface area contributed by atoms with Crippen LogP contribution in [0.15, 0.2) is 4.99 Å². The highest BCUT2D eigenvalue weighted by Crippen LogP contribution is 2.43.